The van der Waals surface area contributed by atoms with Gasteiger partial charge >= 0.3 is 0 Å². The number of likely N-dealkylation sites (tertiary alicyclic amines) is 1. The van der Waals surface area contributed by atoms with Gasteiger partial charge in [0.25, 0.3) is 0 Å². The van der Waals surface area contributed by atoms with Crippen molar-refractivity contribution < 1.29 is 4.79 Å². The highest BCUT2D eigenvalue weighted by atomic mass is 16.2. The number of rotatable bonds is 2. The van der Waals surface area contributed by atoms with Crippen LogP contribution in [-0.4, -0.2) is 28.9 Å². The Labute approximate surface area is 176 Å². The lowest BCUT2D eigenvalue weighted by Crippen LogP contribution is -2.61. The maximum Gasteiger partial charge on any atom is 0.222 e. The molecule has 1 aliphatic heterocycles. The molecule has 2 heterocycles. The predicted molar refractivity (Wildman–Crippen MR) is 117 cm³/mol. The first-order chi connectivity index (χ1) is 13.9. The number of allylic oxidation sites excluding steroid dienone is 1. The monoisotopic (exact) mass is 392 g/mol. The topological polar surface area (TPSA) is 33.2 Å². The molecule has 29 heavy (non-hydrogen) atoms. The van der Waals surface area contributed by atoms with Gasteiger partial charge in [-0.3, -0.25) is 9.78 Å². The summed E-state index contributed by atoms with van der Waals surface area (Å²) < 4.78 is 0. The van der Waals surface area contributed by atoms with Crippen molar-refractivity contribution in [2.75, 3.05) is 7.05 Å². The zero-order valence-corrected chi connectivity index (χ0v) is 18.3. The molecule has 3 heteroatoms. The molecular weight excluding hydrogens is 356 g/mol. The molecule has 1 aromatic heterocycles. The second-order valence-electron chi connectivity index (χ2n) is 10.9. The molecule has 0 aromatic carbocycles. The summed E-state index contributed by atoms with van der Waals surface area (Å²) in [5.41, 5.74) is 1.99. The highest BCUT2D eigenvalue weighted by Crippen LogP contribution is 2.66. The molecule has 3 aliphatic carbocycles. The highest BCUT2D eigenvalue weighted by molar-refractivity contribution is 5.77. The maximum atomic E-state index is 12.3. The minimum Gasteiger partial charge on any atom is -0.342 e. The number of piperidine rings is 1. The molecule has 1 amide bonds. The number of amides is 1. The van der Waals surface area contributed by atoms with Crippen LogP contribution in [0.5, 0.6) is 0 Å². The minimum absolute atomic E-state index is 0.330. The predicted octanol–water partition coefficient (Wildman–Crippen LogP) is 5.57. The maximum absolute atomic E-state index is 12.3. The Balaban J connectivity index is 1.38. The van der Waals surface area contributed by atoms with E-state index in [1.54, 1.807) is 0 Å². The van der Waals surface area contributed by atoms with E-state index < -0.39 is 0 Å². The van der Waals surface area contributed by atoms with Crippen LogP contribution in [0.15, 0.2) is 30.6 Å². The van der Waals surface area contributed by atoms with Gasteiger partial charge in [-0.1, -0.05) is 32.1 Å². The summed E-state index contributed by atoms with van der Waals surface area (Å²) >= 11 is 0. The molecule has 0 spiro atoms. The number of hydrogen-bond acceptors (Lipinski definition) is 2. The molecule has 5 rings (SSSR count). The van der Waals surface area contributed by atoms with E-state index in [4.69, 9.17) is 0 Å². The van der Waals surface area contributed by atoms with Crippen LogP contribution in [0, 0.1) is 34.5 Å². The summed E-state index contributed by atoms with van der Waals surface area (Å²) in [4.78, 5) is 18.7. The number of fused-ring (bicyclic) bond motifs is 5. The molecule has 4 aliphatic rings. The number of nitrogens with zero attached hydrogens (tertiary/aromatic N) is 2. The van der Waals surface area contributed by atoms with Gasteiger partial charge in [-0.2, -0.15) is 0 Å². The molecule has 3 nitrogen and oxygen atoms in total. The van der Waals surface area contributed by atoms with Crippen LogP contribution in [0.2, 0.25) is 0 Å². The second kappa shape index (κ2) is 6.96. The fourth-order valence-electron chi connectivity index (χ4n) is 8.21. The van der Waals surface area contributed by atoms with Gasteiger partial charge in [-0.15, -0.1) is 0 Å². The lowest BCUT2D eigenvalue weighted by atomic mass is 9.47. The second-order valence-corrected chi connectivity index (χ2v) is 10.9. The first-order valence-electron chi connectivity index (χ1n) is 11.8. The highest BCUT2D eigenvalue weighted by Gasteiger charge is 2.60. The van der Waals surface area contributed by atoms with Crippen LogP contribution in [-0.2, 0) is 4.79 Å². The van der Waals surface area contributed by atoms with Gasteiger partial charge in [-0.25, -0.2) is 0 Å². The summed E-state index contributed by atoms with van der Waals surface area (Å²) in [6.45, 7) is 5.11. The van der Waals surface area contributed by atoms with Crippen LogP contribution in [0.4, 0.5) is 0 Å². The van der Waals surface area contributed by atoms with Crippen molar-refractivity contribution in [3.05, 3.63) is 36.2 Å². The summed E-state index contributed by atoms with van der Waals surface area (Å²) in [6.07, 6.45) is 18.4. The molecule has 1 unspecified atom stereocenters. The molecule has 4 fully saturated rings. The zero-order valence-electron chi connectivity index (χ0n) is 18.3. The molecule has 1 saturated heterocycles. The third-order valence-corrected chi connectivity index (χ3v) is 9.84. The molecule has 1 aromatic rings. The summed E-state index contributed by atoms with van der Waals surface area (Å²) in [5.74, 6) is 3.57. The van der Waals surface area contributed by atoms with E-state index in [-0.39, 0.29) is 0 Å². The van der Waals surface area contributed by atoms with Crippen LogP contribution in [0.3, 0.4) is 0 Å². The van der Waals surface area contributed by atoms with Crippen LogP contribution >= 0.6 is 0 Å². The molecule has 0 radical (unpaired) electrons. The van der Waals surface area contributed by atoms with Crippen molar-refractivity contribution in [3.8, 4) is 0 Å². The van der Waals surface area contributed by atoms with E-state index in [9.17, 15) is 4.79 Å². The van der Waals surface area contributed by atoms with E-state index in [1.165, 1.54) is 44.1 Å². The van der Waals surface area contributed by atoms with E-state index in [0.717, 1.165) is 30.6 Å². The summed E-state index contributed by atoms with van der Waals surface area (Å²) in [5, 5.41) is 0. The van der Waals surface area contributed by atoms with Gasteiger partial charge in [0.2, 0.25) is 5.91 Å². The Hall–Kier alpha value is -1.64. The minimum atomic E-state index is 0.330. The Bertz CT molecular complexity index is 804. The standard InChI is InChI=1S/C26H36N2O/c1-25-14-12-22-20(9-11-23-26(22,2)15-13-24(29)28(23)3)21(25)10-8-19(25)7-6-18-5-4-16-27-17-18/h4-7,16-17,19-23H,8-15H2,1-3H3/t19-,20-,21-,22-,23?,25+,26+/m0/s1. The van der Waals surface area contributed by atoms with Crippen molar-refractivity contribution in [3.63, 3.8) is 0 Å². The number of carbonyl (C=O) groups is 1. The van der Waals surface area contributed by atoms with E-state index >= 15 is 0 Å². The Morgan fingerprint density at radius 1 is 1.07 bits per heavy atom. The smallest absolute Gasteiger partial charge is 0.222 e. The molecular formula is C26H36N2O. The van der Waals surface area contributed by atoms with E-state index in [1.807, 2.05) is 18.5 Å². The quantitative estimate of drug-likeness (QED) is 0.659. The lowest BCUT2D eigenvalue weighted by molar-refractivity contribution is -0.157. The van der Waals surface area contributed by atoms with Crippen molar-refractivity contribution in [2.45, 2.75) is 71.3 Å². The first-order valence-corrected chi connectivity index (χ1v) is 11.8. The van der Waals surface area contributed by atoms with Crippen LogP contribution in [0.25, 0.3) is 6.08 Å². The Morgan fingerprint density at radius 3 is 2.69 bits per heavy atom. The lowest BCUT2D eigenvalue weighted by Gasteiger charge is -2.61. The van der Waals surface area contributed by atoms with E-state index in [0.29, 0.717) is 28.7 Å². The van der Waals surface area contributed by atoms with Crippen molar-refractivity contribution in [1.82, 2.24) is 9.88 Å². The van der Waals surface area contributed by atoms with Crippen molar-refractivity contribution >= 4 is 12.0 Å². The van der Waals surface area contributed by atoms with Crippen LogP contribution < -0.4 is 0 Å². The molecule has 0 N–H and O–H groups in total. The van der Waals surface area contributed by atoms with Crippen molar-refractivity contribution in [1.29, 1.82) is 0 Å². The van der Waals surface area contributed by atoms with Gasteiger partial charge in [0.05, 0.1) is 0 Å². The number of pyridine rings is 1. The SMILES string of the molecule is CN1C(=O)CC[C@@]2(C)C1CC[C@H]1[C@@H]3CC[C@H](C=Cc4cccnc4)[C@@]3(C)CC[C@@H]12. The largest absolute Gasteiger partial charge is 0.342 e. The van der Waals surface area contributed by atoms with E-state index in [2.05, 4.69) is 49.0 Å². The number of hydrogen-bond donors (Lipinski definition) is 0. The fourth-order valence-corrected chi connectivity index (χ4v) is 8.21. The third kappa shape index (κ3) is 2.91. The zero-order chi connectivity index (χ0) is 20.2. The van der Waals surface area contributed by atoms with Crippen LogP contribution in [0.1, 0.15) is 70.8 Å². The molecule has 3 saturated carbocycles. The summed E-state index contributed by atoms with van der Waals surface area (Å²) in [6, 6.07) is 4.64. The van der Waals surface area contributed by atoms with Gasteiger partial charge in [-0.05, 0) is 91.1 Å². The molecule has 156 valence electrons. The van der Waals surface area contributed by atoms with Gasteiger partial charge in [0, 0.05) is 31.9 Å². The fraction of sp³-hybridized carbons (Fsp3) is 0.692. The number of carbonyl (C=O) groups excluding carboxylic acids is 1. The third-order valence-electron chi connectivity index (χ3n) is 9.84. The van der Waals surface area contributed by atoms with Gasteiger partial charge in [0.15, 0.2) is 0 Å². The average molecular weight is 393 g/mol. The Kier molecular flexibility index (Phi) is 4.64. The normalized spacial score (nSPS) is 44.4. The molecule has 7 atom stereocenters. The Morgan fingerprint density at radius 2 is 1.90 bits per heavy atom. The number of aromatic nitrogens is 1. The van der Waals surface area contributed by atoms with Crippen molar-refractivity contribution in [2.24, 2.45) is 34.5 Å². The van der Waals surface area contributed by atoms with Gasteiger partial charge < -0.3 is 4.90 Å². The average Bonchev–Trinajstić information content (AvgIpc) is 3.07. The first kappa shape index (κ1) is 19.3. The summed E-state index contributed by atoms with van der Waals surface area (Å²) in [7, 11) is 2.06. The molecule has 0 bridgehead atoms. The van der Waals surface area contributed by atoms with Gasteiger partial charge in [0.1, 0.15) is 0 Å².